The van der Waals surface area contributed by atoms with E-state index in [-0.39, 0.29) is 17.9 Å². The molecule has 1 aliphatic rings. The molecule has 0 aromatic heterocycles. The normalized spacial score (nSPS) is 18.1. The molecule has 2 amide bonds. The monoisotopic (exact) mass is 300 g/mol. The average molecular weight is 300 g/mol. The zero-order chi connectivity index (χ0) is 16.3. The van der Waals surface area contributed by atoms with Crippen molar-refractivity contribution in [3.63, 3.8) is 0 Å². The highest BCUT2D eigenvalue weighted by Crippen LogP contribution is 2.21. The first-order chi connectivity index (χ1) is 10.2. The van der Waals surface area contributed by atoms with Crippen molar-refractivity contribution < 1.29 is 14.3 Å². The van der Waals surface area contributed by atoms with Gasteiger partial charge in [0, 0.05) is 18.8 Å². The summed E-state index contributed by atoms with van der Waals surface area (Å²) in [5.41, 5.74) is 0.735. The van der Waals surface area contributed by atoms with Gasteiger partial charge in [-0.25, -0.2) is 4.79 Å². The zero-order valence-electron chi connectivity index (χ0n) is 13.3. The molecule has 1 fully saturated rings. The van der Waals surface area contributed by atoms with Crippen molar-refractivity contribution in [1.82, 2.24) is 4.90 Å². The van der Waals surface area contributed by atoms with Gasteiger partial charge in [-0.05, 0) is 39.3 Å². The van der Waals surface area contributed by atoms with E-state index in [1.165, 1.54) is 0 Å². The van der Waals surface area contributed by atoms with E-state index in [4.69, 9.17) is 12.6 Å². The van der Waals surface area contributed by atoms with Crippen LogP contribution in [-0.2, 0) is 9.53 Å². The summed E-state index contributed by atoms with van der Waals surface area (Å²) in [5.74, 6) is -0.328. The molecule has 1 unspecified atom stereocenters. The lowest BCUT2D eigenvalue weighted by molar-refractivity contribution is -0.119. The van der Waals surface area contributed by atoms with Gasteiger partial charge in [0.15, 0.2) is 0 Å². The van der Waals surface area contributed by atoms with E-state index in [2.05, 4.69) is 5.32 Å². The molecule has 1 aromatic rings. The molecular weight excluding hydrogens is 279 g/mol. The largest absolute Gasteiger partial charge is 0.444 e. The van der Waals surface area contributed by atoms with Gasteiger partial charge in [-0.2, -0.15) is 0 Å². The summed E-state index contributed by atoms with van der Waals surface area (Å²) in [6, 6.07) is 7.04. The second-order valence-corrected chi connectivity index (χ2v) is 6.53. The Hall–Kier alpha value is -1.98. The number of anilines is 1. The van der Waals surface area contributed by atoms with Crippen LogP contribution in [-0.4, -0.2) is 43.4 Å². The van der Waals surface area contributed by atoms with Crippen molar-refractivity contribution in [2.75, 3.05) is 18.4 Å². The number of nitrogens with one attached hydrogen (secondary N) is 1. The summed E-state index contributed by atoms with van der Waals surface area (Å²) >= 11 is 0. The number of rotatable bonds is 2. The highest BCUT2D eigenvalue weighted by atomic mass is 16.6. The molecule has 1 N–H and O–H groups in total. The Morgan fingerprint density at radius 1 is 1.36 bits per heavy atom. The van der Waals surface area contributed by atoms with Crippen molar-refractivity contribution >= 4 is 31.0 Å². The SMILES string of the molecule is [B]c1cccc(NC(=O)C2CCN(C(=O)OC(C)(C)C)C2)c1. The number of benzene rings is 1. The molecule has 116 valence electrons. The van der Waals surface area contributed by atoms with E-state index in [9.17, 15) is 9.59 Å². The van der Waals surface area contributed by atoms with E-state index in [0.717, 1.165) is 0 Å². The van der Waals surface area contributed by atoms with E-state index >= 15 is 0 Å². The Kier molecular flexibility index (Phi) is 4.79. The van der Waals surface area contributed by atoms with Crippen LogP contribution in [0.4, 0.5) is 10.5 Å². The third-order valence-corrected chi connectivity index (χ3v) is 3.36. The van der Waals surface area contributed by atoms with Gasteiger partial charge in [-0.1, -0.05) is 17.6 Å². The summed E-state index contributed by atoms with van der Waals surface area (Å²) in [4.78, 5) is 25.8. The molecule has 0 bridgehead atoms. The molecule has 2 rings (SSSR count). The zero-order valence-corrected chi connectivity index (χ0v) is 13.3. The summed E-state index contributed by atoms with van der Waals surface area (Å²) in [6.07, 6.45) is 0.264. The van der Waals surface area contributed by atoms with Crippen LogP contribution in [0.3, 0.4) is 0 Å². The van der Waals surface area contributed by atoms with E-state index in [1.54, 1.807) is 29.2 Å². The Bertz CT molecular complexity index is 569. The number of amides is 2. The van der Waals surface area contributed by atoms with Gasteiger partial charge in [0.1, 0.15) is 13.4 Å². The summed E-state index contributed by atoms with van der Waals surface area (Å²) < 4.78 is 5.32. The van der Waals surface area contributed by atoms with E-state index in [1.807, 2.05) is 20.8 Å². The van der Waals surface area contributed by atoms with Crippen LogP contribution in [0.5, 0.6) is 0 Å². The van der Waals surface area contributed by atoms with E-state index < -0.39 is 5.60 Å². The minimum atomic E-state index is -0.529. The Balaban J connectivity index is 1.90. The van der Waals surface area contributed by atoms with E-state index in [0.29, 0.717) is 30.7 Å². The molecule has 0 spiro atoms. The Labute approximate surface area is 132 Å². The van der Waals surface area contributed by atoms with Crippen LogP contribution in [0.1, 0.15) is 27.2 Å². The smallest absolute Gasteiger partial charge is 0.410 e. The predicted molar refractivity (Wildman–Crippen MR) is 86.4 cm³/mol. The van der Waals surface area contributed by atoms with Crippen LogP contribution >= 0.6 is 0 Å². The minimum absolute atomic E-state index is 0.100. The number of nitrogens with zero attached hydrogens (tertiary/aromatic N) is 1. The molecule has 6 heteroatoms. The van der Waals surface area contributed by atoms with Crippen LogP contribution in [0, 0.1) is 5.92 Å². The fourth-order valence-electron chi connectivity index (χ4n) is 2.33. The van der Waals surface area contributed by atoms with Crippen molar-refractivity contribution in [2.45, 2.75) is 32.8 Å². The molecule has 1 heterocycles. The van der Waals surface area contributed by atoms with Gasteiger partial charge in [-0.15, -0.1) is 0 Å². The average Bonchev–Trinajstić information content (AvgIpc) is 2.86. The molecule has 1 aliphatic heterocycles. The molecule has 2 radical (unpaired) electrons. The fraction of sp³-hybridized carbons (Fsp3) is 0.500. The second kappa shape index (κ2) is 6.42. The lowest BCUT2D eigenvalue weighted by Gasteiger charge is -2.24. The Morgan fingerprint density at radius 3 is 2.73 bits per heavy atom. The second-order valence-electron chi connectivity index (χ2n) is 6.53. The number of carbonyl (C=O) groups is 2. The summed E-state index contributed by atoms with van der Waals surface area (Å²) in [6.45, 7) is 6.38. The molecular formula is C16H21BN2O3. The minimum Gasteiger partial charge on any atom is -0.444 e. The third kappa shape index (κ3) is 4.51. The van der Waals surface area contributed by atoms with Crippen LogP contribution < -0.4 is 10.8 Å². The first-order valence-electron chi connectivity index (χ1n) is 7.39. The molecule has 5 nitrogen and oxygen atoms in total. The maximum atomic E-state index is 12.2. The fourth-order valence-corrected chi connectivity index (χ4v) is 2.33. The Morgan fingerprint density at radius 2 is 2.09 bits per heavy atom. The highest BCUT2D eigenvalue weighted by Gasteiger charge is 2.33. The van der Waals surface area contributed by atoms with Gasteiger partial charge in [0.25, 0.3) is 0 Å². The van der Waals surface area contributed by atoms with Crippen LogP contribution in [0.15, 0.2) is 24.3 Å². The van der Waals surface area contributed by atoms with Crippen molar-refractivity contribution in [1.29, 1.82) is 0 Å². The lowest BCUT2D eigenvalue weighted by Crippen LogP contribution is -2.36. The lowest BCUT2D eigenvalue weighted by atomic mass is 9.96. The topological polar surface area (TPSA) is 58.6 Å². The van der Waals surface area contributed by atoms with Gasteiger partial charge in [0.05, 0.1) is 5.92 Å². The first-order valence-corrected chi connectivity index (χ1v) is 7.39. The molecule has 22 heavy (non-hydrogen) atoms. The molecule has 1 aromatic carbocycles. The standard InChI is InChI=1S/C16H21BN2O3/c1-16(2,3)22-15(21)19-8-7-11(10-19)14(20)18-13-6-4-5-12(17)9-13/h4-6,9,11H,7-8,10H2,1-3H3,(H,18,20). The first kappa shape index (κ1) is 16.4. The maximum Gasteiger partial charge on any atom is 0.410 e. The summed E-state index contributed by atoms with van der Waals surface area (Å²) in [7, 11) is 5.69. The van der Waals surface area contributed by atoms with Crippen molar-refractivity contribution in [3.8, 4) is 0 Å². The summed E-state index contributed by atoms with van der Waals surface area (Å²) in [5, 5.41) is 2.83. The number of carbonyl (C=O) groups excluding carboxylic acids is 2. The molecule has 1 saturated heterocycles. The van der Waals surface area contributed by atoms with Gasteiger partial charge < -0.3 is 15.0 Å². The van der Waals surface area contributed by atoms with Gasteiger partial charge >= 0.3 is 6.09 Å². The predicted octanol–water partition coefficient (Wildman–Crippen LogP) is 1.68. The third-order valence-electron chi connectivity index (χ3n) is 3.36. The maximum absolute atomic E-state index is 12.2. The molecule has 0 saturated carbocycles. The number of likely N-dealkylation sites (tertiary alicyclic amines) is 1. The van der Waals surface area contributed by atoms with Crippen molar-refractivity contribution in [2.24, 2.45) is 5.92 Å². The van der Waals surface area contributed by atoms with Crippen LogP contribution in [0.25, 0.3) is 0 Å². The van der Waals surface area contributed by atoms with Crippen molar-refractivity contribution in [3.05, 3.63) is 24.3 Å². The molecule has 1 atom stereocenters. The number of hydrogen-bond acceptors (Lipinski definition) is 3. The molecule has 0 aliphatic carbocycles. The quantitative estimate of drug-likeness (QED) is 0.845. The number of ether oxygens (including phenoxy) is 1. The van der Waals surface area contributed by atoms with Gasteiger partial charge in [-0.3, -0.25) is 4.79 Å². The number of hydrogen-bond donors (Lipinski definition) is 1. The van der Waals surface area contributed by atoms with Crippen LogP contribution in [0.2, 0.25) is 0 Å². The highest BCUT2D eigenvalue weighted by molar-refractivity contribution is 6.32. The van der Waals surface area contributed by atoms with Gasteiger partial charge in [0.2, 0.25) is 5.91 Å².